The van der Waals surface area contributed by atoms with Crippen LogP contribution in [0.3, 0.4) is 0 Å². The summed E-state index contributed by atoms with van der Waals surface area (Å²) in [6.07, 6.45) is 2.95. The molecule has 2 heterocycles. The number of nitrogens with zero attached hydrogens (tertiary/aromatic N) is 1. The first kappa shape index (κ1) is 17.9. The van der Waals surface area contributed by atoms with Gasteiger partial charge >= 0.3 is 0 Å². The Balaban J connectivity index is 1.84. The zero-order valence-electron chi connectivity index (χ0n) is 14.8. The molecule has 3 rings (SSSR count). The topological polar surface area (TPSA) is 71.8 Å². The smallest absolute Gasteiger partial charge is 0.270 e. The third kappa shape index (κ3) is 4.40. The van der Waals surface area contributed by atoms with Crippen LogP contribution >= 0.6 is 0 Å². The van der Waals surface area contributed by atoms with Gasteiger partial charge in [0.05, 0.1) is 18.5 Å². The minimum atomic E-state index is -0.342. The van der Waals surface area contributed by atoms with Gasteiger partial charge in [-0.2, -0.15) is 0 Å². The zero-order valence-corrected chi connectivity index (χ0v) is 14.8. The second-order valence-corrected chi connectivity index (χ2v) is 6.36. The molecule has 2 amide bonds. The van der Waals surface area contributed by atoms with Crippen molar-refractivity contribution < 1.29 is 18.7 Å². The highest BCUT2D eigenvalue weighted by atomic mass is 16.5. The van der Waals surface area contributed by atoms with Gasteiger partial charge in [0.1, 0.15) is 11.5 Å². The van der Waals surface area contributed by atoms with Gasteiger partial charge in [-0.25, -0.2) is 0 Å². The fraction of sp³-hybridized carbons (Fsp3) is 0.300. The molecule has 0 aliphatic carbocycles. The lowest BCUT2D eigenvalue weighted by Gasteiger charge is -2.35. The Hall–Kier alpha value is -2.86. The van der Waals surface area contributed by atoms with E-state index in [4.69, 9.17) is 9.15 Å². The molecule has 0 saturated carbocycles. The molecule has 26 heavy (non-hydrogen) atoms. The quantitative estimate of drug-likeness (QED) is 0.857. The fourth-order valence-corrected chi connectivity index (χ4v) is 2.97. The number of benzene rings is 1. The molecule has 0 bridgehead atoms. The van der Waals surface area contributed by atoms with Crippen molar-refractivity contribution in [3.63, 3.8) is 0 Å². The molecule has 1 aliphatic rings. The van der Waals surface area contributed by atoms with Crippen molar-refractivity contribution in [1.29, 1.82) is 0 Å². The summed E-state index contributed by atoms with van der Waals surface area (Å²) in [5.41, 5.74) is 0.657. The molecular formula is C20H22N2O4. The predicted octanol–water partition coefficient (Wildman–Crippen LogP) is 2.69. The first-order valence-corrected chi connectivity index (χ1v) is 8.59. The van der Waals surface area contributed by atoms with Crippen LogP contribution in [-0.2, 0) is 9.53 Å². The SMILES string of the molecule is C[C@H]1CN(C(=O)/C(=C/c2ccco2)NC(=O)c2ccccc2)C[C@H](C)O1. The number of ether oxygens (including phenoxy) is 1. The number of morpholine rings is 1. The monoisotopic (exact) mass is 354 g/mol. The largest absolute Gasteiger partial charge is 0.465 e. The summed E-state index contributed by atoms with van der Waals surface area (Å²) in [7, 11) is 0. The molecule has 1 aromatic heterocycles. The van der Waals surface area contributed by atoms with E-state index in [1.807, 2.05) is 19.9 Å². The van der Waals surface area contributed by atoms with Gasteiger partial charge in [0.15, 0.2) is 0 Å². The number of carbonyl (C=O) groups is 2. The average Bonchev–Trinajstić information content (AvgIpc) is 3.13. The van der Waals surface area contributed by atoms with Crippen molar-refractivity contribution in [2.75, 3.05) is 13.1 Å². The maximum atomic E-state index is 13.0. The average molecular weight is 354 g/mol. The van der Waals surface area contributed by atoms with Crippen molar-refractivity contribution >= 4 is 17.9 Å². The van der Waals surface area contributed by atoms with E-state index < -0.39 is 0 Å². The number of rotatable bonds is 4. The van der Waals surface area contributed by atoms with Gasteiger partial charge < -0.3 is 19.4 Å². The summed E-state index contributed by atoms with van der Waals surface area (Å²) >= 11 is 0. The number of nitrogens with one attached hydrogen (secondary N) is 1. The van der Waals surface area contributed by atoms with Crippen LogP contribution in [0.15, 0.2) is 58.8 Å². The third-order valence-corrected chi connectivity index (χ3v) is 4.05. The molecule has 0 spiro atoms. The van der Waals surface area contributed by atoms with E-state index in [9.17, 15) is 9.59 Å². The van der Waals surface area contributed by atoms with E-state index in [1.165, 1.54) is 6.26 Å². The predicted molar refractivity (Wildman–Crippen MR) is 97.2 cm³/mol. The molecule has 2 atom stereocenters. The molecule has 0 radical (unpaired) electrons. The first-order chi connectivity index (χ1) is 12.5. The number of furan rings is 1. The van der Waals surface area contributed by atoms with Gasteiger partial charge in [-0.1, -0.05) is 18.2 Å². The highest BCUT2D eigenvalue weighted by Crippen LogP contribution is 2.15. The molecule has 1 aliphatic heterocycles. The first-order valence-electron chi connectivity index (χ1n) is 8.59. The van der Waals surface area contributed by atoms with Gasteiger partial charge in [-0.3, -0.25) is 9.59 Å². The van der Waals surface area contributed by atoms with E-state index in [0.29, 0.717) is 24.4 Å². The summed E-state index contributed by atoms with van der Waals surface area (Å²) < 4.78 is 11.0. The second kappa shape index (κ2) is 8.01. The summed E-state index contributed by atoms with van der Waals surface area (Å²) in [5, 5.41) is 2.73. The van der Waals surface area contributed by atoms with Crippen LogP contribution in [0.4, 0.5) is 0 Å². The third-order valence-electron chi connectivity index (χ3n) is 4.05. The minimum absolute atomic E-state index is 0.0580. The lowest BCUT2D eigenvalue weighted by atomic mass is 10.2. The van der Waals surface area contributed by atoms with Crippen molar-refractivity contribution in [1.82, 2.24) is 10.2 Å². The van der Waals surface area contributed by atoms with Gasteiger partial charge in [-0.05, 0) is 38.1 Å². The Bertz CT molecular complexity index is 773. The highest BCUT2D eigenvalue weighted by Gasteiger charge is 2.28. The lowest BCUT2D eigenvalue weighted by Crippen LogP contribution is -2.50. The molecule has 6 nitrogen and oxygen atoms in total. The second-order valence-electron chi connectivity index (χ2n) is 6.36. The van der Waals surface area contributed by atoms with Crippen LogP contribution in [0.1, 0.15) is 30.0 Å². The van der Waals surface area contributed by atoms with E-state index in [0.717, 1.165) is 0 Å². The molecule has 136 valence electrons. The van der Waals surface area contributed by atoms with Gasteiger partial charge in [0.25, 0.3) is 11.8 Å². The van der Waals surface area contributed by atoms with Crippen LogP contribution in [0.2, 0.25) is 0 Å². The van der Waals surface area contributed by atoms with Crippen LogP contribution < -0.4 is 5.32 Å². The fourth-order valence-electron chi connectivity index (χ4n) is 2.97. The van der Waals surface area contributed by atoms with Crippen molar-refractivity contribution in [2.45, 2.75) is 26.1 Å². The Morgan fingerprint density at radius 3 is 2.38 bits per heavy atom. The maximum absolute atomic E-state index is 13.0. The Labute approximate surface area is 152 Å². The molecule has 0 unspecified atom stereocenters. The number of hydrogen-bond donors (Lipinski definition) is 1. The standard InChI is InChI=1S/C20H22N2O4/c1-14-12-22(13-15(2)26-14)20(24)18(11-17-9-6-10-25-17)21-19(23)16-7-4-3-5-8-16/h3-11,14-15H,12-13H2,1-2H3,(H,21,23)/b18-11-/t14-,15-/m0/s1. The number of carbonyl (C=O) groups excluding carboxylic acids is 2. The Morgan fingerprint density at radius 1 is 1.08 bits per heavy atom. The van der Waals surface area contributed by atoms with Gasteiger partial charge in [0, 0.05) is 24.7 Å². The molecule has 6 heteroatoms. The molecular weight excluding hydrogens is 332 g/mol. The number of hydrogen-bond acceptors (Lipinski definition) is 4. The molecule has 1 N–H and O–H groups in total. The van der Waals surface area contributed by atoms with Gasteiger partial charge in [-0.15, -0.1) is 0 Å². The van der Waals surface area contributed by atoms with Crippen molar-refractivity contribution in [3.8, 4) is 0 Å². The van der Waals surface area contributed by atoms with Crippen LogP contribution in [0.5, 0.6) is 0 Å². The number of amides is 2. The molecule has 1 fully saturated rings. The molecule has 1 saturated heterocycles. The lowest BCUT2D eigenvalue weighted by molar-refractivity contribution is -0.139. The molecule has 1 aromatic carbocycles. The summed E-state index contributed by atoms with van der Waals surface area (Å²) in [4.78, 5) is 27.2. The summed E-state index contributed by atoms with van der Waals surface area (Å²) in [5.74, 6) is -0.102. The van der Waals surface area contributed by atoms with Crippen LogP contribution in [0.25, 0.3) is 6.08 Å². The van der Waals surface area contributed by atoms with Crippen molar-refractivity contribution in [2.24, 2.45) is 0 Å². The summed E-state index contributed by atoms with van der Waals surface area (Å²) in [6, 6.07) is 12.2. The minimum Gasteiger partial charge on any atom is -0.465 e. The normalized spacial score (nSPS) is 20.7. The zero-order chi connectivity index (χ0) is 18.5. The highest BCUT2D eigenvalue weighted by molar-refractivity contribution is 6.05. The Kier molecular flexibility index (Phi) is 5.53. The van der Waals surface area contributed by atoms with E-state index in [1.54, 1.807) is 47.4 Å². The Morgan fingerprint density at radius 2 is 1.77 bits per heavy atom. The maximum Gasteiger partial charge on any atom is 0.270 e. The van der Waals surface area contributed by atoms with Crippen LogP contribution in [-0.4, -0.2) is 42.0 Å². The summed E-state index contributed by atoms with van der Waals surface area (Å²) in [6.45, 7) is 4.79. The van der Waals surface area contributed by atoms with Crippen LogP contribution in [0, 0.1) is 0 Å². The van der Waals surface area contributed by atoms with E-state index in [-0.39, 0.29) is 29.7 Å². The van der Waals surface area contributed by atoms with Gasteiger partial charge in [0.2, 0.25) is 0 Å². The van der Waals surface area contributed by atoms with Crippen molar-refractivity contribution in [3.05, 3.63) is 65.7 Å². The molecule has 2 aromatic rings. The van der Waals surface area contributed by atoms with E-state index in [2.05, 4.69) is 5.32 Å². The van der Waals surface area contributed by atoms with E-state index >= 15 is 0 Å².